The highest BCUT2D eigenvalue weighted by Crippen LogP contribution is 2.25. The highest BCUT2D eigenvalue weighted by Gasteiger charge is 2.13. The van der Waals surface area contributed by atoms with E-state index < -0.39 is 0 Å². The SMILES string of the molecule is CCN1CCCc2ccc[c]c21. The molecule has 1 aromatic rings. The fraction of sp³-hybridized carbons (Fsp3) is 0.455. The predicted octanol–water partition coefficient (Wildman–Crippen LogP) is 2.26. The van der Waals surface area contributed by atoms with Crippen LogP contribution in [0.25, 0.3) is 0 Å². The van der Waals surface area contributed by atoms with Crippen LogP contribution >= 0.6 is 0 Å². The van der Waals surface area contributed by atoms with E-state index >= 15 is 0 Å². The molecule has 0 fully saturated rings. The molecule has 1 aromatic carbocycles. The van der Waals surface area contributed by atoms with Gasteiger partial charge < -0.3 is 4.90 Å². The Labute approximate surface area is 74.0 Å². The smallest absolute Gasteiger partial charge is 0.0479 e. The number of nitrogens with zero attached hydrogens (tertiary/aromatic N) is 1. The van der Waals surface area contributed by atoms with Gasteiger partial charge in [-0.3, -0.25) is 0 Å². The Hall–Kier alpha value is -0.980. The molecule has 0 amide bonds. The zero-order valence-electron chi connectivity index (χ0n) is 7.51. The first kappa shape index (κ1) is 7.66. The third-order valence-electron chi connectivity index (χ3n) is 2.49. The summed E-state index contributed by atoms with van der Waals surface area (Å²) in [5, 5.41) is 0. The molecule has 1 nitrogen and oxygen atoms in total. The van der Waals surface area contributed by atoms with Crippen LogP contribution in [0.5, 0.6) is 0 Å². The van der Waals surface area contributed by atoms with Crippen LogP contribution in [0.2, 0.25) is 0 Å². The van der Waals surface area contributed by atoms with Gasteiger partial charge in [-0.1, -0.05) is 18.2 Å². The minimum absolute atomic E-state index is 1.10. The molecule has 0 aromatic heterocycles. The zero-order valence-corrected chi connectivity index (χ0v) is 7.51. The molecule has 0 N–H and O–H groups in total. The summed E-state index contributed by atoms with van der Waals surface area (Å²) in [5.41, 5.74) is 2.79. The van der Waals surface area contributed by atoms with Crippen LogP contribution in [0, 0.1) is 6.07 Å². The minimum atomic E-state index is 1.10. The molecule has 0 spiro atoms. The maximum Gasteiger partial charge on any atom is 0.0479 e. The van der Waals surface area contributed by atoms with Crippen molar-refractivity contribution in [2.24, 2.45) is 0 Å². The molecule has 0 aliphatic carbocycles. The summed E-state index contributed by atoms with van der Waals surface area (Å²) >= 11 is 0. The van der Waals surface area contributed by atoms with Gasteiger partial charge in [0, 0.05) is 24.8 Å². The Morgan fingerprint density at radius 1 is 1.58 bits per heavy atom. The van der Waals surface area contributed by atoms with Crippen molar-refractivity contribution in [3.63, 3.8) is 0 Å². The molecule has 12 heavy (non-hydrogen) atoms. The van der Waals surface area contributed by atoms with E-state index in [1.807, 2.05) is 6.07 Å². The van der Waals surface area contributed by atoms with Crippen molar-refractivity contribution >= 4 is 5.69 Å². The van der Waals surface area contributed by atoms with Gasteiger partial charge in [-0.05, 0) is 25.3 Å². The number of rotatable bonds is 1. The molecular formula is C11H14N. The monoisotopic (exact) mass is 160 g/mol. The molecule has 1 radical (unpaired) electrons. The van der Waals surface area contributed by atoms with Gasteiger partial charge in [-0.2, -0.15) is 0 Å². The molecular weight excluding hydrogens is 146 g/mol. The number of fused-ring (bicyclic) bond motifs is 1. The first-order valence-electron chi connectivity index (χ1n) is 4.66. The Kier molecular flexibility index (Phi) is 2.03. The molecule has 0 saturated carbocycles. The van der Waals surface area contributed by atoms with Gasteiger partial charge in [0.2, 0.25) is 0 Å². The predicted molar refractivity (Wildman–Crippen MR) is 51.5 cm³/mol. The summed E-state index contributed by atoms with van der Waals surface area (Å²) in [6.45, 7) is 4.51. The molecule has 2 rings (SSSR count). The number of benzene rings is 1. The number of hydrogen-bond acceptors (Lipinski definition) is 1. The molecule has 0 bridgehead atoms. The second-order valence-electron chi connectivity index (χ2n) is 3.23. The molecule has 1 aliphatic rings. The Balaban J connectivity index is 2.37. The highest BCUT2D eigenvalue weighted by molar-refractivity contribution is 5.54. The molecule has 0 unspecified atom stereocenters. The largest absolute Gasteiger partial charge is 0.371 e. The van der Waals surface area contributed by atoms with E-state index in [4.69, 9.17) is 0 Å². The fourth-order valence-electron chi connectivity index (χ4n) is 1.85. The van der Waals surface area contributed by atoms with Gasteiger partial charge in [0.1, 0.15) is 0 Å². The molecule has 0 atom stereocenters. The third kappa shape index (κ3) is 1.20. The maximum atomic E-state index is 3.32. The van der Waals surface area contributed by atoms with E-state index in [9.17, 15) is 0 Å². The van der Waals surface area contributed by atoms with Crippen molar-refractivity contribution in [2.75, 3.05) is 18.0 Å². The van der Waals surface area contributed by atoms with E-state index in [1.54, 1.807) is 0 Å². The van der Waals surface area contributed by atoms with Crippen molar-refractivity contribution < 1.29 is 0 Å². The third-order valence-corrected chi connectivity index (χ3v) is 2.49. The quantitative estimate of drug-likeness (QED) is 0.609. The van der Waals surface area contributed by atoms with Crippen molar-refractivity contribution in [3.05, 3.63) is 29.8 Å². The van der Waals surface area contributed by atoms with Crippen molar-refractivity contribution in [1.29, 1.82) is 0 Å². The van der Waals surface area contributed by atoms with Crippen LogP contribution < -0.4 is 4.90 Å². The standard InChI is InChI=1S/C11H14N/c1-2-12-9-5-7-10-6-3-4-8-11(10)12/h3-4,6H,2,5,7,9H2,1H3. The van der Waals surface area contributed by atoms with E-state index in [2.05, 4.69) is 30.0 Å². The Bertz CT molecular complexity index is 267. The van der Waals surface area contributed by atoms with Gasteiger partial charge >= 0.3 is 0 Å². The lowest BCUT2D eigenvalue weighted by molar-refractivity contribution is 0.707. The summed E-state index contributed by atoms with van der Waals surface area (Å²) in [5.74, 6) is 0. The van der Waals surface area contributed by atoms with Gasteiger partial charge in [0.25, 0.3) is 0 Å². The van der Waals surface area contributed by atoms with Crippen LogP contribution in [0.4, 0.5) is 5.69 Å². The molecule has 0 saturated heterocycles. The van der Waals surface area contributed by atoms with E-state index in [-0.39, 0.29) is 0 Å². The van der Waals surface area contributed by atoms with Crippen molar-refractivity contribution in [2.45, 2.75) is 19.8 Å². The number of aryl methyl sites for hydroxylation is 1. The Morgan fingerprint density at radius 2 is 2.50 bits per heavy atom. The second-order valence-corrected chi connectivity index (χ2v) is 3.23. The summed E-state index contributed by atoms with van der Waals surface area (Å²) in [6, 6.07) is 9.62. The first-order chi connectivity index (χ1) is 5.92. The topological polar surface area (TPSA) is 3.24 Å². The van der Waals surface area contributed by atoms with E-state index in [0.717, 1.165) is 6.54 Å². The number of hydrogen-bond donors (Lipinski definition) is 0. The lowest BCUT2D eigenvalue weighted by Gasteiger charge is -2.29. The number of anilines is 1. The van der Waals surface area contributed by atoms with Crippen LogP contribution in [-0.2, 0) is 6.42 Å². The van der Waals surface area contributed by atoms with Crippen LogP contribution in [0.1, 0.15) is 18.9 Å². The lowest BCUT2D eigenvalue weighted by atomic mass is 10.0. The van der Waals surface area contributed by atoms with Crippen LogP contribution in [0.15, 0.2) is 18.2 Å². The van der Waals surface area contributed by atoms with Crippen LogP contribution in [0.3, 0.4) is 0 Å². The van der Waals surface area contributed by atoms with Crippen molar-refractivity contribution in [1.82, 2.24) is 0 Å². The van der Waals surface area contributed by atoms with Gasteiger partial charge in [0.15, 0.2) is 0 Å². The average Bonchev–Trinajstić information content (AvgIpc) is 2.17. The summed E-state index contributed by atoms with van der Waals surface area (Å²) < 4.78 is 0. The number of para-hydroxylation sites is 1. The average molecular weight is 160 g/mol. The molecule has 1 heterocycles. The zero-order chi connectivity index (χ0) is 8.39. The molecule has 1 heteroatoms. The van der Waals surface area contributed by atoms with Crippen LogP contribution in [-0.4, -0.2) is 13.1 Å². The van der Waals surface area contributed by atoms with E-state index in [0.29, 0.717) is 0 Å². The summed E-state index contributed by atoms with van der Waals surface area (Å²) in [7, 11) is 0. The van der Waals surface area contributed by atoms with Crippen molar-refractivity contribution in [3.8, 4) is 0 Å². The van der Waals surface area contributed by atoms with Gasteiger partial charge in [-0.25, -0.2) is 0 Å². The molecule has 63 valence electrons. The van der Waals surface area contributed by atoms with Gasteiger partial charge in [0.05, 0.1) is 0 Å². The Morgan fingerprint density at radius 3 is 3.33 bits per heavy atom. The van der Waals surface area contributed by atoms with E-state index in [1.165, 1.54) is 30.6 Å². The second kappa shape index (κ2) is 3.18. The lowest BCUT2D eigenvalue weighted by Crippen LogP contribution is -2.28. The minimum Gasteiger partial charge on any atom is -0.371 e. The van der Waals surface area contributed by atoms with Gasteiger partial charge in [-0.15, -0.1) is 0 Å². The highest BCUT2D eigenvalue weighted by atomic mass is 15.1. The summed E-state index contributed by atoms with van der Waals surface area (Å²) in [6.07, 6.45) is 2.52. The normalized spacial score (nSPS) is 15.9. The first-order valence-corrected chi connectivity index (χ1v) is 4.66. The molecule has 1 aliphatic heterocycles. The maximum absolute atomic E-state index is 3.32. The summed E-state index contributed by atoms with van der Waals surface area (Å²) in [4.78, 5) is 2.40. The fourth-order valence-corrected chi connectivity index (χ4v) is 1.85.